The minimum absolute atomic E-state index is 0.129. The lowest BCUT2D eigenvalue weighted by molar-refractivity contribution is -0.189. The summed E-state index contributed by atoms with van der Waals surface area (Å²) in [6, 6.07) is -1.13. The summed E-state index contributed by atoms with van der Waals surface area (Å²) in [4.78, 5) is 35.6. The maximum absolute atomic E-state index is 12.5. The van der Waals surface area contributed by atoms with E-state index in [9.17, 15) is 14.4 Å². The molecule has 8 nitrogen and oxygen atoms in total. The fraction of sp³-hybridized carbons (Fsp3) is 0.909. The second-order valence-corrected chi connectivity index (χ2v) is 14.9. The summed E-state index contributed by atoms with van der Waals surface area (Å²) in [5, 5.41) is 11.3. The maximum atomic E-state index is 12.5. The van der Waals surface area contributed by atoms with Crippen molar-refractivity contribution >= 4 is 18.0 Å². The smallest absolute Gasteiger partial charge is 0.405 e. The molecule has 4 N–H and O–H groups in total. The van der Waals surface area contributed by atoms with Gasteiger partial charge in [0.2, 0.25) is 0 Å². The van der Waals surface area contributed by atoms with Gasteiger partial charge in [0.1, 0.15) is 23.3 Å². The number of carbonyl (C=O) groups excluding carboxylic acids is 2. The number of hydrogen-bond donors (Lipinski definition) is 3. The fourth-order valence-corrected chi connectivity index (χ4v) is 10.2. The SMILES string of the molecule is CCCCC(N)C(=O)OC12CC3CC(CC(C3)C1)C2.CCCCC(NC(=O)O)C(=O)OC12CC3CC(CC(C3)C1)C2. The largest absolute Gasteiger partial charge is 0.465 e. The van der Waals surface area contributed by atoms with E-state index in [1.165, 1.54) is 38.5 Å². The Morgan fingerprint density at radius 3 is 1.44 bits per heavy atom. The molecule has 8 rings (SSSR count). The molecule has 8 aliphatic carbocycles. The number of carboxylic acid groups (broad SMARTS) is 1. The van der Waals surface area contributed by atoms with Crippen LogP contribution in [0.25, 0.3) is 0 Å². The van der Waals surface area contributed by atoms with Crippen molar-refractivity contribution in [3.63, 3.8) is 0 Å². The molecule has 8 aliphatic rings. The first-order valence-corrected chi connectivity index (χ1v) is 16.8. The standard InChI is InChI=1S/C17H27NO4.C16H27NO2/c1-2-3-4-14(18-16(20)21)15(19)22-17-8-11-5-12(9-17)7-13(6-11)10-17;1-2-3-4-14(17)15(18)19-16-8-11-5-12(9-16)7-13(6-11)10-16/h11-14,18H,2-10H2,1H3,(H,20,21);11-14H,2-10,17H2,1H3. The van der Waals surface area contributed by atoms with Crippen LogP contribution in [0.1, 0.15) is 129 Å². The van der Waals surface area contributed by atoms with E-state index in [2.05, 4.69) is 12.2 Å². The normalized spacial score (nSPS) is 38.9. The predicted molar refractivity (Wildman–Crippen MR) is 156 cm³/mol. The fourth-order valence-electron chi connectivity index (χ4n) is 10.2. The van der Waals surface area contributed by atoms with Crippen molar-refractivity contribution in [3.8, 4) is 0 Å². The molecule has 1 amide bonds. The van der Waals surface area contributed by atoms with Gasteiger partial charge in [0.25, 0.3) is 0 Å². The molecule has 0 aromatic heterocycles. The van der Waals surface area contributed by atoms with Crippen LogP contribution >= 0.6 is 0 Å². The summed E-state index contributed by atoms with van der Waals surface area (Å²) in [5.41, 5.74) is 5.53. The summed E-state index contributed by atoms with van der Waals surface area (Å²) in [7, 11) is 0. The Bertz CT molecular complexity index is 879. The van der Waals surface area contributed by atoms with Crippen molar-refractivity contribution in [3.05, 3.63) is 0 Å². The van der Waals surface area contributed by atoms with Crippen molar-refractivity contribution in [1.82, 2.24) is 5.32 Å². The lowest BCUT2D eigenvalue weighted by atomic mass is 9.54. The summed E-state index contributed by atoms with van der Waals surface area (Å²) >= 11 is 0. The van der Waals surface area contributed by atoms with Crippen molar-refractivity contribution in [2.75, 3.05) is 0 Å². The van der Waals surface area contributed by atoms with Gasteiger partial charge in [-0.2, -0.15) is 0 Å². The molecule has 0 heterocycles. The highest BCUT2D eigenvalue weighted by atomic mass is 16.6. The Morgan fingerprint density at radius 2 is 1.07 bits per heavy atom. The Kier molecular flexibility index (Phi) is 9.57. The highest BCUT2D eigenvalue weighted by Gasteiger charge is 2.54. The van der Waals surface area contributed by atoms with E-state index in [0.29, 0.717) is 24.2 Å². The third-order valence-corrected chi connectivity index (χ3v) is 11.2. The van der Waals surface area contributed by atoms with Crippen LogP contribution in [0.4, 0.5) is 4.79 Å². The highest BCUT2D eigenvalue weighted by Crippen LogP contribution is 2.58. The van der Waals surface area contributed by atoms with Crippen LogP contribution < -0.4 is 11.1 Å². The van der Waals surface area contributed by atoms with Crippen LogP contribution in [0.3, 0.4) is 0 Å². The van der Waals surface area contributed by atoms with Crippen LogP contribution in [0.15, 0.2) is 0 Å². The molecule has 8 fully saturated rings. The zero-order valence-electron chi connectivity index (χ0n) is 25.4. The number of ether oxygens (including phenoxy) is 2. The lowest BCUT2D eigenvalue weighted by Gasteiger charge is -2.55. The van der Waals surface area contributed by atoms with E-state index >= 15 is 0 Å². The van der Waals surface area contributed by atoms with Crippen molar-refractivity contribution in [2.45, 2.75) is 153 Å². The number of amides is 1. The number of rotatable bonds is 11. The number of nitrogens with one attached hydrogen (secondary N) is 1. The minimum atomic E-state index is -1.15. The first kappa shape index (κ1) is 30.6. The highest BCUT2D eigenvalue weighted by molar-refractivity contribution is 5.81. The van der Waals surface area contributed by atoms with Gasteiger partial charge in [-0.3, -0.25) is 4.79 Å². The predicted octanol–water partition coefficient (Wildman–Crippen LogP) is 6.34. The molecule has 0 aromatic carbocycles. The van der Waals surface area contributed by atoms with Gasteiger partial charge in [-0.05, 0) is 125 Å². The maximum Gasteiger partial charge on any atom is 0.405 e. The van der Waals surface area contributed by atoms with Gasteiger partial charge in [-0.15, -0.1) is 0 Å². The molecule has 41 heavy (non-hydrogen) atoms. The van der Waals surface area contributed by atoms with Gasteiger partial charge in [0.05, 0.1) is 0 Å². The lowest BCUT2D eigenvalue weighted by Crippen LogP contribution is -2.55. The number of esters is 2. The van der Waals surface area contributed by atoms with Gasteiger partial charge in [0, 0.05) is 0 Å². The molecule has 232 valence electrons. The van der Waals surface area contributed by atoms with E-state index in [4.69, 9.17) is 20.3 Å². The summed E-state index contributed by atoms with van der Waals surface area (Å²) in [6.07, 6.45) is 18.3. The van der Waals surface area contributed by atoms with Crippen LogP contribution in [-0.2, 0) is 19.1 Å². The molecule has 2 unspecified atom stereocenters. The molecule has 8 bridgehead atoms. The van der Waals surface area contributed by atoms with E-state index in [-0.39, 0.29) is 23.1 Å². The van der Waals surface area contributed by atoms with Crippen LogP contribution in [-0.4, -0.2) is 46.4 Å². The zero-order chi connectivity index (χ0) is 29.2. The summed E-state index contributed by atoms with van der Waals surface area (Å²) < 4.78 is 11.9. The number of nitrogens with two attached hydrogens (primary N) is 1. The molecule has 8 heteroatoms. The van der Waals surface area contributed by atoms with Crippen LogP contribution in [0.2, 0.25) is 0 Å². The van der Waals surface area contributed by atoms with Crippen LogP contribution in [0.5, 0.6) is 0 Å². The molecule has 0 radical (unpaired) electrons. The molecule has 0 aromatic rings. The second kappa shape index (κ2) is 12.8. The van der Waals surface area contributed by atoms with Crippen molar-refractivity contribution in [2.24, 2.45) is 41.2 Å². The number of carbonyl (C=O) groups is 3. The molecule has 0 saturated heterocycles. The van der Waals surface area contributed by atoms with Gasteiger partial charge in [0.15, 0.2) is 0 Å². The Balaban J connectivity index is 0.000000166. The quantitative estimate of drug-likeness (QED) is 0.246. The first-order valence-electron chi connectivity index (χ1n) is 16.8. The van der Waals surface area contributed by atoms with Gasteiger partial charge < -0.3 is 25.6 Å². The van der Waals surface area contributed by atoms with Crippen LogP contribution in [0, 0.1) is 35.5 Å². The van der Waals surface area contributed by atoms with E-state index < -0.39 is 18.2 Å². The number of unbranched alkanes of at least 4 members (excludes halogenated alkanes) is 2. The molecule has 0 aliphatic heterocycles. The molecular formula is C33H54N2O6. The van der Waals surface area contributed by atoms with Gasteiger partial charge in [-0.1, -0.05) is 39.5 Å². The Hall–Kier alpha value is -1.83. The topological polar surface area (TPSA) is 128 Å². The van der Waals surface area contributed by atoms with E-state index in [1.54, 1.807) is 0 Å². The monoisotopic (exact) mass is 574 g/mol. The zero-order valence-corrected chi connectivity index (χ0v) is 25.4. The second-order valence-electron chi connectivity index (χ2n) is 14.9. The Labute approximate surface area is 246 Å². The third kappa shape index (κ3) is 7.40. The molecule has 0 spiro atoms. The molecular weight excluding hydrogens is 520 g/mol. The summed E-state index contributed by atoms with van der Waals surface area (Å²) in [6.45, 7) is 4.15. The van der Waals surface area contributed by atoms with Gasteiger partial charge in [-0.25, -0.2) is 9.59 Å². The third-order valence-electron chi connectivity index (χ3n) is 11.2. The van der Waals surface area contributed by atoms with Crippen molar-refractivity contribution in [1.29, 1.82) is 0 Å². The molecule has 8 saturated carbocycles. The van der Waals surface area contributed by atoms with E-state index in [0.717, 1.165) is 88.4 Å². The average molecular weight is 575 g/mol. The van der Waals surface area contributed by atoms with Gasteiger partial charge >= 0.3 is 18.0 Å². The summed E-state index contributed by atoms with van der Waals surface area (Å²) in [5.74, 6) is 4.05. The average Bonchev–Trinajstić information content (AvgIpc) is 2.87. The van der Waals surface area contributed by atoms with E-state index in [1.807, 2.05) is 6.92 Å². The minimum Gasteiger partial charge on any atom is -0.465 e. The number of hydrogen-bond acceptors (Lipinski definition) is 6. The Morgan fingerprint density at radius 1 is 0.707 bits per heavy atom. The first-order chi connectivity index (χ1) is 19.6. The molecule has 2 atom stereocenters. The van der Waals surface area contributed by atoms with Crippen molar-refractivity contribution < 1.29 is 29.0 Å².